The second-order valence-electron chi connectivity index (χ2n) is 2.88. The third kappa shape index (κ3) is 9.26. The molecule has 1 unspecified atom stereocenters. The first-order valence-electron chi connectivity index (χ1n) is 4.60. The Kier molecular flexibility index (Phi) is 7.84. The largest absolute Gasteiger partial charge is 0.389 e. The highest BCUT2D eigenvalue weighted by molar-refractivity contribution is 5.15. The van der Waals surface area contributed by atoms with Gasteiger partial charge in [0, 0.05) is 6.42 Å². The van der Waals surface area contributed by atoms with Gasteiger partial charge in [0.25, 0.3) is 0 Å². The van der Waals surface area contributed by atoms with Crippen molar-refractivity contribution in [1.82, 2.24) is 0 Å². The minimum absolute atomic E-state index is 0.380. The van der Waals surface area contributed by atoms with Crippen molar-refractivity contribution in [2.75, 3.05) is 0 Å². The molecule has 0 aromatic carbocycles. The van der Waals surface area contributed by atoms with E-state index in [1.165, 1.54) is 19.3 Å². The van der Waals surface area contributed by atoms with Gasteiger partial charge in [0.2, 0.25) is 0 Å². The summed E-state index contributed by atoms with van der Waals surface area (Å²) in [4.78, 5) is 0. The average molecular weight is 166 g/mol. The predicted molar refractivity (Wildman–Crippen MR) is 52.7 cm³/mol. The van der Waals surface area contributed by atoms with E-state index in [9.17, 15) is 0 Å². The van der Waals surface area contributed by atoms with Crippen LogP contribution in [0.5, 0.6) is 0 Å². The molecule has 1 nitrogen and oxygen atoms in total. The zero-order chi connectivity index (χ0) is 9.23. The van der Waals surface area contributed by atoms with E-state index >= 15 is 0 Å². The van der Waals surface area contributed by atoms with Crippen LogP contribution in [-0.2, 0) is 0 Å². The number of hydrogen-bond acceptors (Lipinski definition) is 1. The summed E-state index contributed by atoms with van der Waals surface area (Å²) in [6.07, 6.45) is 7.68. The summed E-state index contributed by atoms with van der Waals surface area (Å²) >= 11 is 0. The van der Waals surface area contributed by atoms with Gasteiger partial charge in [0.05, 0.1) is 6.10 Å². The van der Waals surface area contributed by atoms with Crippen LogP contribution in [0.15, 0.2) is 12.2 Å². The Morgan fingerprint density at radius 3 is 2.75 bits per heavy atom. The molecule has 0 bridgehead atoms. The third-order valence-corrected chi connectivity index (χ3v) is 1.47. The molecule has 0 radical (unpaired) electrons. The first-order chi connectivity index (χ1) is 5.77. The van der Waals surface area contributed by atoms with E-state index in [1.807, 2.05) is 0 Å². The molecular weight excluding hydrogens is 148 g/mol. The lowest BCUT2D eigenvalue weighted by Gasteiger charge is -1.89. The average Bonchev–Trinajstić information content (AvgIpc) is 2.02. The number of unbranched alkanes of at least 4 members (excludes halogenated alkanes) is 3. The summed E-state index contributed by atoms with van der Waals surface area (Å²) < 4.78 is 0. The molecule has 12 heavy (non-hydrogen) atoms. The lowest BCUT2D eigenvalue weighted by molar-refractivity contribution is 0.244. The summed E-state index contributed by atoms with van der Waals surface area (Å²) in [5.41, 5.74) is 0. The predicted octanol–water partition coefficient (Wildman–Crippen LogP) is 2.51. The number of aliphatic hydroxyl groups excluding tert-OH is 1. The first-order valence-corrected chi connectivity index (χ1v) is 4.60. The van der Waals surface area contributed by atoms with Crippen LogP contribution >= 0.6 is 0 Å². The highest BCUT2D eigenvalue weighted by atomic mass is 16.3. The van der Waals surface area contributed by atoms with Crippen LogP contribution in [0, 0.1) is 11.8 Å². The highest BCUT2D eigenvalue weighted by Crippen LogP contribution is 1.96. The van der Waals surface area contributed by atoms with E-state index in [4.69, 9.17) is 5.11 Å². The van der Waals surface area contributed by atoms with Crippen LogP contribution in [0.4, 0.5) is 0 Å². The minimum Gasteiger partial charge on any atom is -0.389 e. The van der Waals surface area contributed by atoms with E-state index in [2.05, 4.69) is 18.8 Å². The standard InChI is InChI=1S/C11H18O/c1-3-4-5-6-7-8-9-10-11(2)12/h9-12H,3-6H2,1-2H3. The molecule has 0 aliphatic heterocycles. The zero-order valence-corrected chi connectivity index (χ0v) is 8.01. The van der Waals surface area contributed by atoms with Crippen LogP contribution in [0.25, 0.3) is 0 Å². The molecule has 0 aliphatic rings. The van der Waals surface area contributed by atoms with Crippen molar-refractivity contribution in [2.24, 2.45) is 0 Å². The molecule has 1 N–H and O–H groups in total. The zero-order valence-electron chi connectivity index (χ0n) is 8.01. The van der Waals surface area contributed by atoms with Crippen LogP contribution in [-0.4, -0.2) is 11.2 Å². The van der Waals surface area contributed by atoms with Crippen molar-refractivity contribution in [1.29, 1.82) is 0 Å². The van der Waals surface area contributed by atoms with Gasteiger partial charge in [-0.25, -0.2) is 0 Å². The Bertz CT molecular complexity index is 169. The van der Waals surface area contributed by atoms with E-state index in [0.717, 1.165) is 6.42 Å². The van der Waals surface area contributed by atoms with Crippen LogP contribution < -0.4 is 0 Å². The maximum Gasteiger partial charge on any atom is 0.0701 e. The molecule has 0 heterocycles. The van der Waals surface area contributed by atoms with Gasteiger partial charge in [0.15, 0.2) is 0 Å². The van der Waals surface area contributed by atoms with Gasteiger partial charge in [-0.15, -0.1) is 0 Å². The first kappa shape index (κ1) is 11.3. The van der Waals surface area contributed by atoms with Gasteiger partial charge >= 0.3 is 0 Å². The molecular formula is C11H18O. The molecule has 0 spiro atoms. The minimum atomic E-state index is -0.380. The summed E-state index contributed by atoms with van der Waals surface area (Å²) in [5, 5.41) is 8.84. The molecule has 68 valence electrons. The van der Waals surface area contributed by atoms with Gasteiger partial charge in [-0.3, -0.25) is 0 Å². The quantitative estimate of drug-likeness (QED) is 0.502. The van der Waals surface area contributed by atoms with Gasteiger partial charge < -0.3 is 5.11 Å². The van der Waals surface area contributed by atoms with Crippen molar-refractivity contribution < 1.29 is 5.11 Å². The SMILES string of the molecule is CCCCCC#CC=CC(C)O. The van der Waals surface area contributed by atoms with Gasteiger partial charge in [-0.1, -0.05) is 31.6 Å². The van der Waals surface area contributed by atoms with Crippen LogP contribution in [0.2, 0.25) is 0 Å². The van der Waals surface area contributed by atoms with Crippen LogP contribution in [0.3, 0.4) is 0 Å². The number of allylic oxidation sites excluding steroid dienone is 1. The number of aliphatic hydroxyl groups is 1. The number of hydrogen-bond donors (Lipinski definition) is 1. The van der Waals surface area contributed by atoms with E-state index < -0.39 is 0 Å². The Morgan fingerprint density at radius 2 is 2.17 bits per heavy atom. The van der Waals surface area contributed by atoms with E-state index in [0.29, 0.717) is 0 Å². The Hall–Kier alpha value is -0.740. The maximum absolute atomic E-state index is 8.84. The molecule has 0 amide bonds. The van der Waals surface area contributed by atoms with E-state index in [1.54, 1.807) is 19.1 Å². The summed E-state index contributed by atoms with van der Waals surface area (Å²) in [6, 6.07) is 0. The van der Waals surface area contributed by atoms with Gasteiger partial charge in [-0.2, -0.15) is 0 Å². The Balaban J connectivity index is 3.34. The Morgan fingerprint density at radius 1 is 1.42 bits per heavy atom. The normalized spacial score (nSPS) is 12.6. The fourth-order valence-electron chi connectivity index (χ4n) is 0.782. The van der Waals surface area contributed by atoms with Gasteiger partial charge in [0.1, 0.15) is 0 Å². The molecule has 0 rings (SSSR count). The van der Waals surface area contributed by atoms with Crippen molar-refractivity contribution >= 4 is 0 Å². The number of rotatable bonds is 4. The maximum atomic E-state index is 8.84. The molecule has 0 saturated carbocycles. The molecule has 0 fully saturated rings. The monoisotopic (exact) mass is 166 g/mol. The molecule has 0 aromatic heterocycles. The Labute approximate surface area is 75.5 Å². The summed E-state index contributed by atoms with van der Waals surface area (Å²) in [5.74, 6) is 5.91. The van der Waals surface area contributed by atoms with Crippen molar-refractivity contribution in [3.05, 3.63) is 12.2 Å². The van der Waals surface area contributed by atoms with Gasteiger partial charge in [-0.05, 0) is 25.5 Å². The molecule has 0 aliphatic carbocycles. The van der Waals surface area contributed by atoms with Crippen molar-refractivity contribution in [3.8, 4) is 11.8 Å². The fraction of sp³-hybridized carbons (Fsp3) is 0.636. The third-order valence-electron chi connectivity index (χ3n) is 1.47. The van der Waals surface area contributed by atoms with Crippen LogP contribution in [0.1, 0.15) is 39.5 Å². The fourth-order valence-corrected chi connectivity index (χ4v) is 0.782. The second kappa shape index (κ2) is 8.36. The summed E-state index contributed by atoms with van der Waals surface area (Å²) in [7, 11) is 0. The molecule has 1 heteroatoms. The van der Waals surface area contributed by atoms with Crippen molar-refractivity contribution in [2.45, 2.75) is 45.6 Å². The lowest BCUT2D eigenvalue weighted by Crippen LogP contribution is -1.90. The van der Waals surface area contributed by atoms with Crippen molar-refractivity contribution in [3.63, 3.8) is 0 Å². The lowest BCUT2D eigenvalue weighted by atomic mass is 10.2. The topological polar surface area (TPSA) is 20.2 Å². The summed E-state index contributed by atoms with van der Waals surface area (Å²) in [6.45, 7) is 3.90. The smallest absolute Gasteiger partial charge is 0.0701 e. The molecule has 0 aromatic rings. The molecule has 1 atom stereocenters. The van der Waals surface area contributed by atoms with E-state index in [-0.39, 0.29) is 6.10 Å². The highest BCUT2D eigenvalue weighted by Gasteiger charge is 1.81. The molecule has 0 saturated heterocycles. The second-order valence-corrected chi connectivity index (χ2v) is 2.88.